The highest BCUT2D eigenvalue weighted by Gasteiger charge is 2.05. The first kappa shape index (κ1) is 9.95. The van der Waals surface area contributed by atoms with Crippen molar-refractivity contribution >= 4 is 33.2 Å². The molecule has 17 heavy (non-hydrogen) atoms. The Labute approximate surface area is 96.6 Å². The van der Waals surface area contributed by atoms with Gasteiger partial charge in [0.2, 0.25) is 0 Å². The molecule has 3 rings (SSSR count). The molecule has 2 aromatic carbocycles. The first-order valence-corrected chi connectivity index (χ1v) is 5.13. The lowest BCUT2D eigenvalue weighted by Gasteiger charge is -1.96. The van der Waals surface area contributed by atoms with Gasteiger partial charge >= 0.3 is 0 Å². The van der Waals surface area contributed by atoms with Crippen molar-refractivity contribution in [1.29, 1.82) is 0 Å². The Morgan fingerprint density at radius 1 is 0.765 bits per heavy atom. The third-order valence-electron chi connectivity index (χ3n) is 2.83. The fraction of sp³-hybridized carbons (Fsp3) is 0. The van der Waals surface area contributed by atoms with Crippen LogP contribution in [0.2, 0.25) is 0 Å². The molecule has 5 heteroatoms. The number of benzene rings is 2. The summed E-state index contributed by atoms with van der Waals surface area (Å²) in [6.45, 7) is 0. The smallest absolute Gasteiger partial charge is 0.0656 e. The Hall–Kier alpha value is -2.24. The minimum atomic E-state index is 0.506. The van der Waals surface area contributed by atoms with Gasteiger partial charge in [0.15, 0.2) is 0 Å². The third-order valence-corrected chi connectivity index (χ3v) is 2.83. The number of aromatic amines is 1. The average Bonchev–Trinajstić information content (AvgIpc) is 2.74. The zero-order valence-electron chi connectivity index (χ0n) is 8.78. The van der Waals surface area contributed by atoms with Crippen LogP contribution < -0.4 is 11.0 Å². The monoisotopic (exact) mass is 227 g/mol. The second kappa shape index (κ2) is 3.65. The van der Waals surface area contributed by atoms with E-state index >= 15 is 0 Å². The predicted octanol–water partition coefficient (Wildman–Crippen LogP) is 2.84. The van der Waals surface area contributed by atoms with Gasteiger partial charge < -0.3 is 4.98 Å². The molecule has 0 saturated heterocycles. The van der Waals surface area contributed by atoms with Crippen LogP contribution in [0.1, 0.15) is 0 Å². The molecule has 0 saturated carbocycles. The molecule has 3 aromatic rings. The van der Waals surface area contributed by atoms with Gasteiger partial charge in [0.25, 0.3) is 0 Å². The molecule has 0 amide bonds. The minimum Gasteiger partial charge on any atom is -0.354 e. The second-order valence-corrected chi connectivity index (χ2v) is 3.85. The number of hydrogen-bond acceptors (Lipinski definition) is 2. The molecule has 0 aliphatic heterocycles. The van der Waals surface area contributed by atoms with E-state index in [0.717, 1.165) is 21.8 Å². The van der Waals surface area contributed by atoms with Crippen molar-refractivity contribution in [3.63, 3.8) is 0 Å². The van der Waals surface area contributed by atoms with Crippen molar-refractivity contribution in [3.8, 4) is 0 Å². The Bertz CT molecular complexity index is 632. The van der Waals surface area contributed by atoms with Gasteiger partial charge in [-0.2, -0.15) is 0 Å². The second-order valence-electron chi connectivity index (χ2n) is 3.85. The van der Waals surface area contributed by atoms with Gasteiger partial charge in [-0.1, -0.05) is 22.5 Å². The topological polar surface area (TPSA) is 79.7 Å². The third kappa shape index (κ3) is 1.49. The summed E-state index contributed by atoms with van der Waals surface area (Å²) in [5.74, 6) is 0. The highest BCUT2D eigenvalue weighted by molar-refractivity contribution is 6.08. The number of aromatic nitrogens is 1. The summed E-state index contributed by atoms with van der Waals surface area (Å²) < 4.78 is 0. The molecule has 0 aliphatic rings. The van der Waals surface area contributed by atoms with Crippen molar-refractivity contribution < 1.29 is 10.4 Å². The maximum atomic E-state index is 10.6. The number of H-pyrrole nitrogens is 1. The summed E-state index contributed by atoms with van der Waals surface area (Å²) in [7, 11) is 0. The van der Waals surface area contributed by atoms with Crippen molar-refractivity contribution in [2.75, 3.05) is 11.0 Å². The lowest BCUT2D eigenvalue weighted by atomic mass is 10.1. The van der Waals surface area contributed by atoms with Gasteiger partial charge in [-0.15, -0.1) is 0 Å². The maximum absolute atomic E-state index is 10.6. The molecule has 0 atom stereocenters. The lowest BCUT2D eigenvalue weighted by Crippen LogP contribution is -1.84. The summed E-state index contributed by atoms with van der Waals surface area (Å²) in [4.78, 5) is 3.17. The average molecular weight is 227 g/mol. The van der Waals surface area contributed by atoms with E-state index in [1.165, 1.54) is 0 Å². The molecule has 1 aromatic heterocycles. The normalized spacial score (nSPS) is 10.9. The largest absolute Gasteiger partial charge is 0.354 e. The molecule has 5 nitrogen and oxygen atoms in total. The van der Waals surface area contributed by atoms with E-state index in [0.29, 0.717) is 11.4 Å². The van der Waals surface area contributed by atoms with Gasteiger partial charge in [0.1, 0.15) is 0 Å². The number of anilines is 2. The van der Waals surface area contributed by atoms with Crippen LogP contribution in [-0.4, -0.2) is 4.98 Å². The highest BCUT2D eigenvalue weighted by Crippen LogP contribution is 2.29. The molecule has 0 fully saturated rings. The van der Waals surface area contributed by atoms with Crippen LogP contribution in [0.3, 0.4) is 0 Å². The fourth-order valence-corrected chi connectivity index (χ4v) is 2.04. The predicted molar refractivity (Wildman–Crippen MR) is 64.4 cm³/mol. The van der Waals surface area contributed by atoms with E-state index in [-0.39, 0.29) is 0 Å². The summed E-state index contributed by atoms with van der Waals surface area (Å²) in [5.41, 5.74) is 6.45. The van der Waals surface area contributed by atoms with Crippen molar-refractivity contribution in [2.24, 2.45) is 0 Å². The van der Waals surface area contributed by atoms with Crippen LogP contribution in [0.4, 0.5) is 11.4 Å². The van der Waals surface area contributed by atoms with E-state index in [2.05, 4.69) is 4.98 Å². The Morgan fingerprint density at radius 2 is 1.24 bits per heavy atom. The van der Waals surface area contributed by atoms with Crippen molar-refractivity contribution in [1.82, 2.24) is 4.98 Å². The van der Waals surface area contributed by atoms with Crippen molar-refractivity contribution in [3.05, 3.63) is 36.4 Å². The molecule has 0 unspecified atom stereocenters. The lowest BCUT2D eigenvalue weighted by molar-refractivity contribution is 0.274. The van der Waals surface area contributed by atoms with Gasteiger partial charge in [0, 0.05) is 21.8 Å². The van der Waals surface area contributed by atoms with Gasteiger partial charge in [0.05, 0.1) is 11.4 Å². The van der Waals surface area contributed by atoms with Gasteiger partial charge in [-0.25, -0.2) is 11.0 Å². The number of hydrogen-bond donors (Lipinski definition) is 3. The van der Waals surface area contributed by atoms with E-state index in [1.54, 1.807) is 24.3 Å². The summed E-state index contributed by atoms with van der Waals surface area (Å²) in [5, 5.41) is 23.2. The van der Waals surface area contributed by atoms with Crippen molar-refractivity contribution in [2.45, 2.75) is 0 Å². The minimum absolute atomic E-state index is 0.506. The molecule has 0 bridgehead atoms. The number of rotatable bonds is 2. The SMILES string of the molecule is [O]Nc1ccc2c(c1)[nH]c1cc(N[O])ccc12. The summed E-state index contributed by atoms with van der Waals surface area (Å²) in [6.07, 6.45) is 0. The zero-order valence-corrected chi connectivity index (χ0v) is 8.78. The molecule has 84 valence electrons. The van der Waals surface area contributed by atoms with E-state index in [4.69, 9.17) is 0 Å². The number of nitrogens with one attached hydrogen (secondary N) is 3. The molecular formula is C12H9N3O2. The maximum Gasteiger partial charge on any atom is 0.0656 e. The molecular weight excluding hydrogens is 218 g/mol. The number of fused-ring (bicyclic) bond motifs is 3. The van der Waals surface area contributed by atoms with E-state index in [1.807, 2.05) is 23.1 Å². The molecule has 1 heterocycles. The first-order valence-electron chi connectivity index (χ1n) is 5.13. The van der Waals surface area contributed by atoms with Crippen LogP contribution in [-0.2, 0) is 10.4 Å². The standard InChI is InChI=1S/C12H9N3O2/c16-14-7-1-3-9-10-4-2-8(15-17)6-12(10)13-11(9)5-7/h1-6,13-15H. The molecule has 2 radical (unpaired) electrons. The van der Waals surface area contributed by atoms with Crippen LogP contribution >= 0.6 is 0 Å². The fourth-order valence-electron chi connectivity index (χ4n) is 2.04. The van der Waals surface area contributed by atoms with Crippen LogP contribution in [0.5, 0.6) is 0 Å². The highest BCUT2D eigenvalue weighted by atomic mass is 16.5. The Morgan fingerprint density at radius 3 is 1.65 bits per heavy atom. The van der Waals surface area contributed by atoms with E-state index in [9.17, 15) is 10.4 Å². The zero-order chi connectivity index (χ0) is 11.8. The first-order chi connectivity index (χ1) is 8.31. The summed E-state index contributed by atoms with van der Waals surface area (Å²) in [6, 6.07) is 10.7. The molecule has 0 aliphatic carbocycles. The van der Waals surface area contributed by atoms with Gasteiger partial charge in [-0.05, 0) is 24.3 Å². The van der Waals surface area contributed by atoms with Crippen LogP contribution in [0.25, 0.3) is 21.8 Å². The van der Waals surface area contributed by atoms with Gasteiger partial charge in [-0.3, -0.25) is 0 Å². The Balaban J connectivity index is 2.32. The quantitative estimate of drug-likeness (QED) is 0.588. The van der Waals surface area contributed by atoms with E-state index < -0.39 is 0 Å². The van der Waals surface area contributed by atoms with Crippen LogP contribution in [0, 0.1) is 0 Å². The molecule has 3 N–H and O–H groups in total. The molecule has 0 spiro atoms. The summed E-state index contributed by atoms with van der Waals surface area (Å²) >= 11 is 0. The Kier molecular flexibility index (Phi) is 2.14. The van der Waals surface area contributed by atoms with Crippen LogP contribution in [0.15, 0.2) is 36.4 Å².